The van der Waals surface area contributed by atoms with Crippen LogP contribution >= 0.6 is 0 Å². The van der Waals surface area contributed by atoms with Crippen molar-refractivity contribution in [3.8, 4) is 6.01 Å². The molecule has 1 aliphatic rings. The summed E-state index contributed by atoms with van der Waals surface area (Å²) in [5, 5.41) is 0. The summed E-state index contributed by atoms with van der Waals surface area (Å²) in [4.78, 5) is 23.4. The molecule has 0 saturated carbocycles. The third-order valence-electron chi connectivity index (χ3n) is 4.99. The molecule has 1 aromatic rings. The zero-order valence-electron chi connectivity index (χ0n) is 17.1. The van der Waals surface area contributed by atoms with Gasteiger partial charge in [0, 0.05) is 25.1 Å². The zero-order valence-corrected chi connectivity index (χ0v) is 17.1. The lowest BCUT2D eigenvalue weighted by atomic mass is 9.96. The number of fused-ring (bicyclic) bond motifs is 1. The van der Waals surface area contributed by atoms with E-state index in [4.69, 9.17) is 14.7 Å². The SMILES string of the molecule is C=CC(=O)CCCN(CCC)c1nc(OCCCCC)nc2c1CCCC2. The number of carbonyl (C=O) groups excluding carboxylic acids is 1. The zero-order chi connectivity index (χ0) is 19.5. The van der Waals surface area contributed by atoms with E-state index in [1.54, 1.807) is 0 Å². The Morgan fingerprint density at radius 1 is 1.11 bits per heavy atom. The van der Waals surface area contributed by atoms with Crippen LogP contribution in [0, 0.1) is 0 Å². The number of carbonyl (C=O) groups is 1. The van der Waals surface area contributed by atoms with Crippen molar-refractivity contribution in [2.45, 2.75) is 78.1 Å². The van der Waals surface area contributed by atoms with Crippen molar-refractivity contribution in [1.29, 1.82) is 0 Å². The monoisotopic (exact) mass is 373 g/mol. The second-order valence-electron chi connectivity index (χ2n) is 7.28. The first-order valence-corrected chi connectivity index (χ1v) is 10.6. The van der Waals surface area contributed by atoms with Gasteiger partial charge in [-0.05, 0) is 51.0 Å². The van der Waals surface area contributed by atoms with Gasteiger partial charge in [-0.1, -0.05) is 33.3 Å². The Kier molecular flexibility index (Phi) is 9.29. The van der Waals surface area contributed by atoms with Gasteiger partial charge in [0.1, 0.15) is 5.82 Å². The molecule has 0 aromatic carbocycles. The third kappa shape index (κ3) is 6.64. The number of aromatic nitrogens is 2. The maximum absolute atomic E-state index is 11.6. The van der Waals surface area contributed by atoms with Gasteiger partial charge in [0.05, 0.1) is 12.3 Å². The van der Waals surface area contributed by atoms with Gasteiger partial charge in [-0.15, -0.1) is 0 Å². The maximum Gasteiger partial charge on any atom is 0.318 e. The van der Waals surface area contributed by atoms with Crippen LogP contribution in [0.15, 0.2) is 12.7 Å². The van der Waals surface area contributed by atoms with Crippen LogP contribution in [0.2, 0.25) is 0 Å². The topological polar surface area (TPSA) is 55.3 Å². The molecule has 0 saturated heterocycles. The fraction of sp³-hybridized carbons (Fsp3) is 0.682. The first-order valence-electron chi connectivity index (χ1n) is 10.6. The van der Waals surface area contributed by atoms with Gasteiger partial charge in [0.25, 0.3) is 0 Å². The van der Waals surface area contributed by atoms with Crippen molar-refractivity contribution in [2.75, 3.05) is 24.6 Å². The smallest absolute Gasteiger partial charge is 0.318 e. The molecule has 5 nitrogen and oxygen atoms in total. The first-order chi connectivity index (χ1) is 13.2. The number of ketones is 1. The summed E-state index contributed by atoms with van der Waals surface area (Å²) in [6.07, 6.45) is 11.6. The van der Waals surface area contributed by atoms with Gasteiger partial charge in [-0.25, -0.2) is 0 Å². The van der Waals surface area contributed by atoms with Gasteiger partial charge in [0.2, 0.25) is 0 Å². The lowest BCUT2D eigenvalue weighted by molar-refractivity contribution is -0.114. The van der Waals surface area contributed by atoms with E-state index in [2.05, 4.69) is 25.3 Å². The first kappa shape index (κ1) is 21.4. The molecule has 1 aromatic heterocycles. The second-order valence-corrected chi connectivity index (χ2v) is 7.28. The van der Waals surface area contributed by atoms with E-state index in [-0.39, 0.29) is 5.78 Å². The third-order valence-corrected chi connectivity index (χ3v) is 4.99. The highest BCUT2D eigenvalue weighted by Gasteiger charge is 2.22. The highest BCUT2D eigenvalue weighted by molar-refractivity contribution is 5.88. The van der Waals surface area contributed by atoms with Crippen LogP contribution in [0.3, 0.4) is 0 Å². The molecule has 5 heteroatoms. The second kappa shape index (κ2) is 11.7. The van der Waals surface area contributed by atoms with Gasteiger partial charge in [-0.3, -0.25) is 4.79 Å². The lowest BCUT2D eigenvalue weighted by Crippen LogP contribution is -2.29. The standard InChI is InChI=1S/C22H35N3O2/c1-4-7-10-17-27-22-23-20-14-9-8-13-19(20)21(24-22)25(15-5-2)16-11-12-18(26)6-3/h6H,3-5,7-17H2,1-2H3. The van der Waals surface area contributed by atoms with E-state index in [1.165, 1.54) is 30.9 Å². The molecule has 0 aliphatic heterocycles. The van der Waals surface area contributed by atoms with Gasteiger partial charge < -0.3 is 9.64 Å². The Morgan fingerprint density at radius 3 is 2.67 bits per heavy atom. The van der Waals surface area contributed by atoms with Crippen LogP contribution in [0.25, 0.3) is 0 Å². The minimum atomic E-state index is 0.108. The minimum Gasteiger partial charge on any atom is -0.463 e. The summed E-state index contributed by atoms with van der Waals surface area (Å²) in [6, 6.07) is 0.519. The fourth-order valence-corrected chi connectivity index (χ4v) is 3.53. The van der Waals surface area contributed by atoms with Crippen LogP contribution in [0.4, 0.5) is 5.82 Å². The highest BCUT2D eigenvalue weighted by atomic mass is 16.5. The van der Waals surface area contributed by atoms with Crippen molar-refractivity contribution in [1.82, 2.24) is 9.97 Å². The quantitative estimate of drug-likeness (QED) is 0.371. The number of ether oxygens (including phenoxy) is 1. The Balaban J connectivity index is 2.18. The van der Waals surface area contributed by atoms with Crippen molar-refractivity contribution < 1.29 is 9.53 Å². The van der Waals surface area contributed by atoms with Gasteiger partial charge in [-0.2, -0.15) is 9.97 Å². The Morgan fingerprint density at radius 2 is 1.93 bits per heavy atom. The Hall–Kier alpha value is -1.91. The molecule has 0 atom stereocenters. The molecule has 1 aliphatic carbocycles. The molecule has 0 radical (unpaired) electrons. The van der Waals surface area contributed by atoms with E-state index < -0.39 is 0 Å². The average Bonchev–Trinajstić information content (AvgIpc) is 2.69. The average molecular weight is 374 g/mol. The molecule has 1 heterocycles. The number of hydrogen-bond donors (Lipinski definition) is 0. The summed E-state index contributed by atoms with van der Waals surface area (Å²) in [7, 11) is 0. The normalized spacial score (nSPS) is 13.1. The summed E-state index contributed by atoms with van der Waals surface area (Å²) < 4.78 is 5.89. The van der Waals surface area contributed by atoms with E-state index in [0.29, 0.717) is 19.0 Å². The molecule has 27 heavy (non-hydrogen) atoms. The number of allylic oxidation sites excluding steroid dienone is 1. The molecule has 0 N–H and O–H groups in total. The number of unbranched alkanes of at least 4 members (excludes halogenated alkanes) is 2. The van der Waals surface area contributed by atoms with Crippen LogP contribution in [0.1, 0.15) is 76.5 Å². The van der Waals surface area contributed by atoms with E-state index in [9.17, 15) is 4.79 Å². The van der Waals surface area contributed by atoms with Crippen LogP contribution in [0.5, 0.6) is 6.01 Å². The number of hydrogen-bond acceptors (Lipinski definition) is 5. The predicted octanol–water partition coefficient (Wildman–Crippen LogP) is 4.68. The maximum atomic E-state index is 11.6. The minimum absolute atomic E-state index is 0.108. The Bertz CT molecular complexity index is 616. The number of aryl methyl sites for hydroxylation is 1. The van der Waals surface area contributed by atoms with Gasteiger partial charge in [0.15, 0.2) is 5.78 Å². The molecule has 0 bridgehead atoms. The van der Waals surface area contributed by atoms with Crippen molar-refractivity contribution >= 4 is 11.6 Å². The Labute approximate surface area is 164 Å². The molecule has 150 valence electrons. The molecule has 0 fully saturated rings. The van der Waals surface area contributed by atoms with Crippen molar-refractivity contribution in [3.05, 3.63) is 23.9 Å². The molecular formula is C22H35N3O2. The molecule has 0 amide bonds. The van der Waals surface area contributed by atoms with Crippen LogP contribution in [-0.4, -0.2) is 35.4 Å². The van der Waals surface area contributed by atoms with E-state index in [1.807, 2.05) is 0 Å². The molecule has 0 unspecified atom stereocenters. The highest BCUT2D eigenvalue weighted by Crippen LogP contribution is 2.30. The van der Waals surface area contributed by atoms with Crippen LogP contribution in [-0.2, 0) is 17.6 Å². The molecular weight excluding hydrogens is 338 g/mol. The summed E-state index contributed by atoms with van der Waals surface area (Å²) >= 11 is 0. The summed E-state index contributed by atoms with van der Waals surface area (Å²) in [6.45, 7) is 10.4. The number of rotatable bonds is 13. The fourth-order valence-electron chi connectivity index (χ4n) is 3.53. The largest absolute Gasteiger partial charge is 0.463 e. The van der Waals surface area contributed by atoms with Crippen molar-refractivity contribution in [3.63, 3.8) is 0 Å². The number of nitrogens with zero attached hydrogens (tertiary/aromatic N) is 3. The van der Waals surface area contributed by atoms with Crippen molar-refractivity contribution in [2.24, 2.45) is 0 Å². The summed E-state index contributed by atoms with van der Waals surface area (Å²) in [5.74, 6) is 1.13. The lowest BCUT2D eigenvalue weighted by Gasteiger charge is -2.28. The summed E-state index contributed by atoms with van der Waals surface area (Å²) in [5.41, 5.74) is 2.44. The van der Waals surface area contributed by atoms with Gasteiger partial charge >= 0.3 is 6.01 Å². The molecule has 2 rings (SSSR count). The number of anilines is 1. The molecule has 0 spiro atoms. The van der Waals surface area contributed by atoms with Crippen LogP contribution < -0.4 is 9.64 Å². The predicted molar refractivity (Wildman–Crippen MR) is 111 cm³/mol. The van der Waals surface area contributed by atoms with E-state index in [0.717, 1.165) is 63.1 Å². The van der Waals surface area contributed by atoms with E-state index >= 15 is 0 Å².